The number of carboxylic acids is 1. The van der Waals surface area contributed by atoms with E-state index in [2.05, 4.69) is 0 Å². The first-order valence-electron chi connectivity index (χ1n) is 3.93. The zero-order valence-electron chi connectivity index (χ0n) is 7.29. The number of carbonyl (C=O) groups is 1. The van der Waals surface area contributed by atoms with Crippen LogP contribution in [0.1, 0.15) is 19.3 Å². The van der Waals surface area contributed by atoms with Crippen molar-refractivity contribution < 1.29 is 19.7 Å². The minimum Gasteiger partial charge on any atom is -0.476 e. The fourth-order valence-electron chi connectivity index (χ4n) is 0.898. The number of hydrogen-bond acceptors (Lipinski definition) is 5. The van der Waals surface area contributed by atoms with E-state index in [1.807, 2.05) is 0 Å². The molecular formula is C6H10N2O6. The minimum absolute atomic E-state index is 0.157. The fraction of sp³-hybridized carbons (Fsp3) is 0.833. The molecule has 14 heavy (non-hydrogen) atoms. The number of unbranched alkanes of at least 4 members (excludes halogenated alkanes) is 1. The molecule has 8 nitrogen and oxygen atoms in total. The zero-order valence-corrected chi connectivity index (χ0v) is 7.29. The molecule has 0 aliphatic rings. The van der Waals surface area contributed by atoms with Gasteiger partial charge in [0.15, 0.2) is 0 Å². The minimum atomic E-state index is -1.65. The number of aliphatic carboxylic acids is 1. The van der Waals surface area contributed by atoms with Crippen LogP contribution in [0, 0.1) is 20.2 Å². The largest absolute Gasteiger partial charge is 0.476 e. The van der Waals surface area contributed by atoms with Gasteiger partial charge < -0.3 is 5.11 Å². The number of nitrogens with zero attached hydrogens (tertiary/aromatic N) is 2. The lowest BCUT2D eigenvalue weighted by atomic mass is 10.1. The Morgan fingerprint density at radius 3 is 2.21 bits per heavy atom. The summed E-state index contributed by atoms with van der Waals surface area (Å²) in [6.07, 6.45) is 0.153. The van der Waals surface area contributed by atoms with E-state index in [0.29, 0.717) is 0 Å². The molecule has 0 amide bonds. The van der Waals surface area contributed by atoms with E-state index in [1.54, 1.807) is 0 Å². The fourth-order valence-corrected chi connectivity index (χ4v) is 0.898. The summed E-state index contributed by atoms with van der Waals surface area (Å²) in [6, 6.07) is -1.65. The van der Waals surface area contributed by atoms with Crippen molar-refractivity contribution >= 4 is 5.97 Å². The van der Waals surface area contributed by atoms with Crippen LogP contribution >= 0.6 is 0 Å². The number of rotatable bonds is 7. The third-order valence-electron chi connectivity index (χ3n) is 1.61. The van der Waals surface area contributed by atoms with Gasteiger partial charge in [0.25, 0.3) is 0 Å². The first-order chi connectivity index (χ1) is 6.45. The van der Waals surface area contributed by atoms with E-state index in [1.165, 1.54) is 0 Å². The van der Waals surface area contributed by atoms with Gasteiger partial charge in [-0.3, -0.25) is 20.2 Å². The van der Waals surface area contributed by atoms with Crippen LogP contribution in [-0.2, 0) is 4.79 Å². The van der Waals surface area contributed by atoms with Crippen molar-refractivity contribution in [1.82, 2.24) is 0 Å². The monoisotopic (exact) mass is 206 g/mol. The predicted octanol–water partition coefficient (Wildman–Crippen LogP) is 0.163. The van der Waals surface area contributed by atoms with Crippen molar-refractivity contribution in [2.75, 3.05) is 6.54 Å². The van der Waals surface area contributed by atoms with Gasteiger partial charge in [-0.15, -0.1) is 0 Å². The zero-order chi connectivity index (χ0) is 11.1. The molecule has 0 spiro atoms. The van der Waals surface area contributed by atoms with Crippen LogP contribution in [0.5, 0.6) is 0 Å². The average molecular weight is 206 g/mol. The number of hydrogen-bond donors (Lipinski definition) is 1. The van der Waals surface area contributed by atoms with Crippen LogP contribution in [0.2, 0.25) is 0 Å². The highest BCUT2D eigenvalue weighted by atomic mass is 16.6. The Labute approximate surface area is 78.8 Å². The van der Waals surface area contributed by atoms with Gasteiger partial charge in [0.1, 0.15) is 0 Å². The highest BCUT2D eigenvalue weighted by Crippen LogP contribution is 2.04. The molecule has 1 unspecified atom stereocenters. The first-order valence-corrected chi connectivity index (χ1v) is 3.93. The van der Waals surface area contributed by atoms with Crippen molar-refractivity contribution in [3.63, 3.8) is 0 Å². The predicted molar refractivity (Wildman–Crippen MR) is 44.1 cm³/mol. The van der Waals surface area contributed by atoms with Crippen molar-refractivity contribution in [2.45, 2.75) is 25.3 Å². The summed E-state index contributed by atoms with van der Waals surface area (Å²) in [5.41, 5.74) is 0. The van der Waals surface area contributed by atoms with Crippen LogP contribution in [0.4, 0.5) is 0 Å². The Balaban J connectivity index is 3.78. The van der Waals surface area contributed by atoms with Gasteiger partial charge in [-0.05, 0) is 6.42 Å². The topological polar surface area (TPSA) is 124 Å². The lowest BCUT2D eigenvalue weighted by Crippen LogP contribution is -2.29. The van der Waals surface area contributed by atoms with E-state index >= 15 is 0 Å². The molecule has 0 heterocycles. The summed E-state index contributed by atoms with van der Waals surface area (Å²) < 4.78 is 0. The second kappa shape index (κ2) is 5.84. The van der Waals surface area contributed by atoms with Crippen molar-refractivity contribution in [2.24, 2.45) is 0 Å². The maximum Gasteiger partial charge on any atom is 0.379 e. The quantitative estimate of drug-likeness (QED) is 0.359. The summed E-state index contributed by atoms with van der Waals surface area (Å²) >= 11 is 0. The molecule has 0 bridgehead atoms. The molecule has 0 saturated carbocycles. The van der Waals surface area contributed by atoms with Gasteiger partial charge in [-0.2, -0.15) is 0 Å². The lowest BCUT2D eigenvalue weighted by molar-refractivity contribution is -0.511. The van der Waals surface area contributed by atoms with Crippen molar-refractivity contribution in [1.29, 1.82) is 0 Å². The molecular weight excluding hydrogens is 196 g/mol. The third kappa shape index (κ3) is 5.01. The highest BCUT2D eigenvalue weighted by Gasteiger charge is 2.28. The normalized spacial score (nSPS) is 12.0. The second-order valence-corrected chi connectivity index (χ2v) is 2.69. The van der Waals surface area contributed by atoms with E-state index in [-0.39, 0.29) is 25.8 Å². The first kappa shape index (κ1) is 12.3. The summed E-state index contributed by atoms with van der Waals surface area (Å²) in [5.74, 6) is -1.50. The molecule has 1 atom stereocenters. The highest BCUT2D eigenvalue weighted by molar-refractivity contribution is 5.71. The van der Waals surface area contributed by atoms with E-state index in [9.17, 15) is 25.0 Å². The molecule has 0 aliphatic heterocycles. The van der Waals surface area contributed by atoms with Crippen LogP contribution in [0.3, 0.4) is 0 Å². The maximum absolute atomic E-state index is 10.3. The smallest absolute Gasteiger partial charge is 0.379 e. The molecule has 0 aromatic heterocycles. The molecule has 0 fully saturated rings. The Kier molecular flexibility index (Phi) is 5.12. The van der Waals surface area contributed by atoms with Gasteiger partial charge in [0.05, 0.1) is 0 Å². The molecule has 0 saturated heterocycles. The standard InChI is InChI=1S/C6H10N2O6/c9-6(10)5(8(13)14)3-1-2-4-7(11)12/h5H,1-4H2,(H,9,10). The van der Waals surface area contributed by atoms with E-state index < -0.39 is 21.9 Å². The Morgan fingerprint density at radius 2 is 1.86 bits per heavy atom. The molecule has 8 heteroatoms. The second-order valence-electron chi connectivity index (χ2n) is 2.69. The van der Waals surface area contributed by atoms with Crippen molar-refractivity contribution in [3.8, 4) is 0 Å². The molecule has 0 aromatic carbocycles. The molecule has 80 valence electrons. The Morgan fingerprint density at radius 1 is 1.29 bits per heavy atom. The van der Waals surface area contributed by atoms with Gasteiger partial charge in [0.2, 0.25) is 6.54 Å². The summed E-state index contributed by atoms with van der Waals surface area (Å²) in [7, 11) is 0. The summed E-state index contributed by atoms with van der Waals surface area (Å²) in [4.78, 5) is 28.9. The molecule has 0 aliphatic carbocycles. The molecule has 0 aromatic rings. The maximum atomic E-state index is 10.3. The van der Waals surface area contributed by atoms with Gasteiger partial charge in [-0.25, -0.2) is 4.79 Å². The number of carboxylic acid groups (broad SMARTS) is 1. The van der Waals surface area contributed by atoms with E-state index in [0.717, 1.165) is 0 Å². The SMILES string of the molecule is O=C(O)C(CCCC[N+](=O)[O-])[N+](=O)[O-]. The average Bonchev–Trinajstić information content (AvgIpc) is 2.01. The molecule has 0 rings (SSSR count). The summed E-state index contributed by atoms with van der Waals surface area (Å²) in [6.45, 7) is -0.288. The van der Waals surface area contributed by atoms with Crippen molar-refractivity contribution in [3.05, 3.63) is 20.2 Å². The number of nitro groups is 2. The van der Waals surface area contributed by atoms with Crippen LogP contribution in [-0.4, -0.2) is 33.5 Å². The van der Waals surface area contributed by atoms with E-state index in [4.69, 9.17) is 5.11 Å². The third-order valence-corrected chi connectivity index (χ3v) is 1.61. The van der Waals surface area contributed by atoms with Gasteiger partial charge in [0, 0.05) is 22.7 Å². The summed E-state index contributed by atoms with van der Waals surface area (Å²) in [5, 5.41) is 28.4. The Hall–Kier alpha value is -1.73. The van der Waals surface area contributed by atoms with Crippen LogP contribution in [0.25, 0.3) is 0 Å². The molecule has 1 N–H and O–H groups in total. The lowest BCUT2D eigenvalue weighted by Gasteiger charge is -2.02. The van der Waals surface area contributed by atoms with Gasteiger partial charge >= 0.3 is 12.0 Å². The van der Waals surface area contributed by atoms with Gasteiger partial charge in [-0.1, -0.05) is 0 Å². The Bertz CT molecular complexity index is 226. The van der Waals surface area contributed by atoms with Crippen LogP contribution in [0.15, 0.2) is 0 Å². The van der Waals surface area contributed by atoms with Crippen LogP contribution < -0.4 is 0 Å². The molecule has 0 radical (unpaired) electrons.